The van der Waals surface area contributed by atoms with Gasteiger partial charge >= 0.3 is 0 Å². The summed E-state index contributed by atoms with van der Waals surface area (Å²) in [6, 6.07) is 2.26. The van der Waals surface area contributed by atoms with Crippen LogP contribution in [0.25, 0.3) is 0 Å². The van der Waals surface area contributed by atoms with Crippen molar-refractivity contribution >= 4 is 28.2 Å². The number of nitrogens with one attached hydrogen (secondary N) is 3. The molecule has 0 fully saturated rings. The van der Waals surface area contributed by atoms with Crippen LogP contribution in [0.1, 0.15) is 50.1 Å². The van der Waals surface area contributed by atoms with Gasteiger partial charge in [0.2, 0.25) is 0 Å². The van der Waals surface area contributed by atoms with E-state index in [1.54, 1.807) is 0 Å². The number of quaternary nitrogens is 1. The summed E-state index contributed by atoms with van der Waals surface area (Å²) in [6.07, 6.45) is 2.97. The highest BCUT2D eigenvalue weighted by Crippen LogP contribution is 2.39. The Labute approximate surface area is 159 Å². The molecule has 0 saturated heterocycles. The van der Waals surface area contributed by atoms with E-state index in [9.17, 15) is 14.9 Å². The molecule has 1 aliphatic rings. The highest BCUT2D eigenvalue weighted by Gasteiger charge is 2.25. The van der Waals surface area contributed by atoms with Gasteiger partial charge in [-0.1, -0.05) is 6.92 Å². The van der Waals surface area contributed by atoms with Crippen LogP contribution >= 0.6 is 11.3 Å². The summed E-state index contributed by atoms with van der Waals surface area (Å²) in [7, 11) is 1.81. The summed E-state index contributed by atoms with van der Waals surface area (Å²) in [5, 5.41) is 15.9. The van der Waals surface area contributed by atoms with Crippen molar-refractivity contribution in [3.63, 3.8) is 0 Å². The lowest BCUT2D eigenvalue weighted by atomic mass is 9.89. The number of rotatable bonds is 5. The predicted molar refractivity (Wildman–Crippen MR) is 103 cm³/mol. The molecule has 0 saturated carbocycles. The molecule has 26 heavy (non-hydrogen) atoms. The van der Waals surface area contributed by atoms with E-state index >= 15 is 0 Å². The van der Waals surface area contributed by atoms with Crippen LogP contribution < -0.4 is 15.5 Å². The second kappa shape index (κ2) is 8.19. The average molecular weight is 378 g/mol. The smallest absolute Gasteiger partial charge is 0.280 e. The molecule has 0 aliphatic heterocycles. The van der Waals surface area contributed by atoms with Gasteiger partial charge in [-0.3, -0.25) is 9.59 Å². The number of hydrogen-bond donors (Lipinski definition) is 3. The number of nitriles is 1. The van der Waals surface area contributed by atoms with Crippen molar-refractivity contribution in [1.82, 2.24) is 5.32 Å². The third kappa shape index (κ3) is 5.55. The van der Waals surface area contributed by atoms with Gasteiger partial charge in [-0.25, -0.2) is 0 Å². The molecular formula is C19H29N4O2S+. The maximum Gasteiger partial charge on any atom is 0.280 e. The Morgan fingerprint density at radius 3 is 2.58 bits per heavy atom. The zero-order valence-electron chi connectivity index (χ0n) is 16.3. The van der Waals surface area contributed by atoms with Gasteiger partial charge in [0.05, 0.1) is 12.6 Å². The fraction of sp³-hybridized carbons (Fsp3) is 0.632. The summed E-state index contributed by atoms with van der Waals surface area (Å²) in [5.74, 6) is 0.364. The standard InChI is InChI=1S/C19H28N4O2S/c1-12-6-7-13-14(9-20)18(26-15(13)8-12)21-16(24)10-23(5)11-17(25)22-19(2,3)4/h12H,6-8,10-11H2,1-5H3,(H,21,24)(H,22,25)/p+1/t12-/m1/s1. The molecule has 7 heteroatoms. The van der Waals surface area contributed by atoms with Crippen molar-refractivity contribution in [1.29, 1.82) is 5.26 Å². The topological polar surface area (TPSA) is 86.4 Å². The Morgan fingerprint density at radius 1 is 1.31 bits per heavy atom. The number of carbonyl (C=O) groups excluding carboxylic acids is 2. The van der Waals surface area contributed by atoms with Crippen molar-refractivity contribution in [3.05, 3.63) is 16.0 Å². The molecule has 1 aromatic heterocycles. The van der Waals surface area contributed by atoms with Crippen molar-refractivity contribution in [2.24, 2.45) is 5.92 Å². The number of amides is 2. The van der Waals surface area contributed by atoms with Gasteiger partial charge in [-0.05, 0) is 51.5 Å². The van der Waals surface area contributed by atoms with Gasteiger partial charge in [0.1, 0.15) is 11.1 Å². The molecule has 2 rings (SSSR count). The second-order valence-electron chi connectivity index (χ2n) is 8.32. The minimum absolute atomic E-state index is 0.0823. The number of nitrogens with zero attached hydrogens (tertiary/aromatic N) is 1. The summed E-state index contributed by atoms with van der Waals surface area (Å²) < 4.78 is 0. The predicted octanol–water partition coefficient (Wildman–Crippen LogP) is 1.11. The third-order valence-corrected chi connectivity index (χ3v) is 5.49. The Morgan fingerprint density at radius 2 is 1.96 bits per heavy atom. The molecule has 0 radical (unpaired) electrons. The Kier molecular flexibility index (Phi) is 6.43. The Balaban J connectivity index is 1.96. The molecule has 0 spiro atoms. The normalized spacial score (nSPS) is 17.8. The summed E-state index contributed by atoms with van der Waals surface area (Å²) >= 11 is 1.52. The third-order valence-electron chi connectivity index (χ3n) is 4.32. The first kappa shape index (κ1) is 20.4. The van der Waals surface area contributed by atoms with E-state index < -0.39 is 0 Å². The lowest BCUT2D eigenvalue weighted by Crippen LogP contribution is -3.11. The molecule has 1 unspecified atom stereocenters. The van der Waals surface area contributed by atoms with Gasteiger partial charge in [-0.15, -0.1) is 11.3 Å². The first-order valence-corrected chi connectivity index (χ1v) is 9.87. The minimum Gasteiger partial charge on any atom is -0.347 e. The first-order valence-electron chi connectivity index (χ1n) is 9.06. The highest BCUT2D eigenvalue weighted by molar-refractivity contribution is 7.16. The average Bonchev–Trinajstić information content (AvgIpc) is 2.80. The SMILES string of the molecule is C[C@@H]1CCc2c(sc(NC(=O)C[NH+](C)CC(=O)NC(C)(C)C)c2C#N)C1. The van der Waals surface area contributed by atoms with Crippen molar-refractivity contribution in [2.45, 2.75) is 52.5 Å². The molecule has 2 atom stereocenters. The van der Waals surface area contributed by atoms with Gasteiger partial charge in [0.25, 0.3) is 11.8 Å². The number of thiophene rings is 1. The number of fused-ring (bicyclic) bond motifs is 1. The molecule has 1 heterocycles. The van der Waals surface area contributed by atoms with Gasteiger partial charge < -0.3 is 15.5 Å². The highest BCUT2D eigenvalue weighted by atomic mass is 32.1. The van der Waals surface area contributed by atoms with Crippen LogP contribution in [0.5, 0.6) is 0 Å². The van der Waals surface area contributed by atoms with Crippen LogP contribution in [0.15, 0.2) is 0 Å². The first-order chi connectivity index (χ1) is 12.1. The van der Waals surface area contributed by atoms with E-state index in [-0.39, 0.29) is 30.4 Å². The number of carbonyl (C=O) groups is 2. The largest absolute Gasteiger partial charge is 0.347 e. The van der Waals surface area contributed by atoms with Crippen molar-refractivity contribution in [3.8, 4) is 6.07 Å². The van der Waals surface area contributed by atoms with Crippen molar-refractivity contribution < 1.29 is 14.5 Å². The molecule has 1 aliphatic carbocycles. The summed E-state index contributed by atoms with van der Waals surface area (Å²) in [6.45, 7) is 8.41. The van der Waals surface area contributed by atoms with E-state index in [1.165, 1.54) is 16.2 Å². The quantitative estimate of drug-likeness (QED) is 0.718. The van der Waals surface area contributed by atoms with E-state index in [4.69, 9.17) is 0 Å². The van der Waals surface area contributed by atoms with Crippen LogP contribution in [-0.4, -0.2) is 37.5 Å². The summed E-state index contributed by atoms with van der Waals surface area (Å²) in [4.78, 5) is 26.4. The number of likely N-dealkylation sites (N-methyl/N-ethyl adjacent to an activating group) is 1. The Hall–Kier alpha value is -1.91. The molecule has 0 aromatic carbocycles. The van der Waals surface area contributed by atoms with E-state index in [1.807, 2.05) is 27.8 Å². The zero-order chi connectivity index (χ0) is 19.5. The molecule has 6 nitrogen and oxygen atoms in total. The zero-order valence-corrected chi connectivity index (χ0v) is 17.1. The van der Waals surface area contributed by atoms with Crippen LogP contribution in [0, 0.1) is 17.2 Å². The molecule has 0 bridgehead atoms. The number of hydrogen-bond acceptors (Lipinski definition) is 4. The van der Waals surface area contributed by atoms with Gasteiger partial charge in [0, 0.05) is 10.4 Å². The molecule has 142 valence electrons. The fourth-order valence-electron chi connectivity index (χ4n) is 3.20. The van der Waals surface area contributed by atoms with E-state index in [0.29, 0.717) is 16.5 Å². The monoisotopic (exact) mass is 377 g/mol. The van der Waals surface area contributed by atoms with Gasteiger partial charge in [-0.2, -0.15) is 5.26 Å². The molecule has 3 N–H and O–H groups in total. The van der Waals surface area contributed by atoms with Crippen molar-refractivity contribution in [2.75, 3.05) is 25.5 Å². The van der Waals surface area contributed by atoms with Crippen LogP contribution in [0.3, 0.4) is 0 Å². The lowest BCUT2D eigenvalue weighted by Gasteiger charge is -2.21. The second-order valence-corrected chi connectivity index (χ2v) is 9.43. The van der Waals surface area contributed by atoms with Gasteiger partial charge in [0.15, 0.2) is 13.1 Å². The lowest BCUT2D eigenvalue weighted by molar-refractivity contribution is -0.862. The fourth-order valence-corrected chi connectivity index (χ4v) is 4.58. The summed E-state index contributed by atoms with van der Waals surface area (Å²) in [5.41, 5.74) is 1.44. The van der Waals surface area contributed by atoms with Crippen LogP contribution in [-0.2, 0) is 22.4 Å². The van der Waals surface area contributed by atoms with Crippen LogP contribution in [0.2, 0.25) is 0 Å². The molecular weight excluding hydrogens is 348 g/mol. The van der Waals surface area contributed by atoms with E-state index in [0.717, 1.165) is 29.7 Å². The molecule has 1 aromatic rings. The van der Waals surface area contributed by atoms with Crippen LogP contribution in [0.4, 0.5) is 5.00 Å². The minimum atomic E-state index is -0.283. The molecule has 2 amide bonds. The Bertz CT molecular complexity index is 727. The number of anilines is 1. The maximum atomic E-state index is 12.4. The van der Waals surface area contributed by atoms with E-state index in [2.05, 4.69) is 23.6 Å². The maximum absolute atomic E-state index is 12.4.